The molecule has 0 amide bonds. The molecule has 0 saturated carbocycles. The first-order valence-corrected chi connectivity index (χ1v) is 3.00. The Balaban J connectivity index is 0.000000490. The monoisotopic (exact) mass is 156 g/mol. The third kappa shape index (κ3) is 2.03. The second-order valence-electron chi connectivity index (χ2n) is 1.15. The van der Waals surface area contributed by atoms with E-state index in [2.05, 4.69) is 22.2 Å². The number of thiol groups is 1. The van der Waals surface area contributed by atoms with Crippen LogP contribution in [-0.2, 0) is 0 Å². The Bertz CT molecular complexity index is 148. The average Bonchev–Trinajstić information content (AvgIpc) is 1.91. The van der Waals surface area contributed by atoms with E-state index in [-0.39, 0.29) is 29.6 Å². The van der Waals surface area contributed by atoms with Crippen LogP contribution in [0.25, 0.3) is 0 Å². The van der Waals surface area contributed by atoms with Crippen LogP contribution in [0.5, 0.6) is 0 Å². The molecule has 0 radical (unpaired) electrons. The standard InChI is InChI=1S/C3H4N2S2.Na.H/c1-2-3(6)4-5-7-2;;/h6H,1H3;;. The van der Waals surface area contributed by atoms with Crippen molar-refractivity contribution in [2.45, 2.75) is 11.9 Å². The molecule has 0 aliphatic carbocycles. The fourth-order valence-corrected chi connectivity index (χ4v) is 0.827. The van der Waals surface area contributed by atoms with E-state index in [1.807, 2.05) is 6.92 Å². The molecule has 0 bridgehead atoms. The molecular weight excluding hydrogens is 151 g/mol. The van der Waals surface area contributed by atoms with E-state index in [0.717, 1.165) is 9.90 Å². The van der Waals surface area contributed by atoms with E-state index in [4.69, 9.17) is 0 Å². The second-order valence-corrected chi connectivity index (χ2v) is 2.53. The Labute approximate surface area is 79.6 Å². The Kier molecular flexibility index (Phi) is 4.28. The van der Waals surface area contributed by atoms with Gasteiger partial charge in [-0.1, -0.05) is 4.49 Å². The van der Waals surface area contributed by atoms with Crippen molar-refractivity contribution in [2.24, 2.45) is 0 Å². The zero-order valence-electron chi connectivity index (χ0n) is 3.75. The molecule has 1 heterocycles. The summed E-state index contributed by atoms with van der Waals surface area (Å²) in [5.41, 5.74) is 0. The Morgan fingerprint density at radius 1 is 1.62 bits per heavy atom. The van der Waals surface area contributed by atoms with Crippen molar-refractivity contribution in [1.29, 1.82) is 0 Å². The Morgan fingerprint density at radius 2 is 2.25 bits per heavy atom. The zero-order valence-corrected chi connectivity index (χ0v) is 5.46. The predicted octanol–water partition coefficient (Wildman–Crippen LogP) is 0.487. The first-order valence-electron chi connectivity index (χ1n) is 1.78. The molecule has 0 fully saturated rings. The molecule has 0 atom stereocenters. The Hall–Kier alpha value is 0.910. The van der Waals surface area contributed by atoms with Crippen molar-refractivity contribution >= 4 is 53.7 Å². The first-order chi connectivity index (χ1) is 3.30. The molecule has 1 aromatic heterocycles. The van der Waals surface area contributed by atoms with E-state index in [9.17, 15) is 0 Å². The number of rotatable bonds is 0. The molecule has 0 saturated heterocycles. The molecule has 0 aliphatic rings. The topological polar surface area (TPSA) is 25.8 Å². The summed E-state index contributed by atoms with van der Waals surface area (Å²) in [6.07, 6.45) is 0. The van der Waals surface area contributed by atoms with Crippen molar-refractivity contribution < 1.29 is 0 Å². The van der Waals surface area contributed by atoms with Gasteiger partial charge in [-0.15, -0.1) is 17.7 Å². The van der Waals surface area contributed by atoms with Crippen molar-refractivity contribution in [3.8, 4) is 0 Å². The third-order valence-electron chi connectivity index (χ3n) is 0.628. The molecule has 0 unspecified atom stereocenters. The molecule has 8 heavy (non-hydrogen) atoms. The summed E-state index contributed by atoms with van der Waals surface area (Å²) in [7, 11) is 0. The van der Waals surface area contributed by atoms with Crippen molar-refractivity contribution in [3.63, 3.8) is 0 Å². The van der Waals surface area contributed by atoms with Crippen LogP contribution in [-0.4, -0.2) is 39.1 Å². The van der Waals surface area contributed by atoms with Gasteiger partial charge in [-0.3, -0.25) is 0 Å². The fourth-order valence-electron chi connectivity index (χ4n) is 0.232. The minimum atomic E-state index is 0. The second kappa shape index (κ2) is 3.85. The van der Waals surface area contributed by atoms with Crippen LogP contribution in [0.15, 0.2) is 5.03 Å². The molecule has 1 aromatic rings. The van der Waals surface area contributed by atoms with E-state index >= 15 is 0 Å². The minimum absolute atomic E-state index is 0. The quantitative estimate of drug-likeness (QED) is 0.437. The SMILES string of the molecule is Cc1snnc1S.[NaH]. The van der Waals surface area contributed by atoms with Gasteiger partial charge in [-0.2, -0.15) is 0 Å². The predicted molar refractivity (Wildman–Crippen MR) is 39.0 cm³/mol. The van der Waals surface area contributed by atoms with E-state index in [1.54, 1.807) is 0 Å². The van der Waals surface area contributed by atoms with Gasteiger partial charge >= 0.3 is 29.6 Å². The van der Waals surface area contributed by atoms with Gasteiger partial charge in [0.15, 0.2) is 0 Å². The summed E-state index contributed by atoms with van der Waals surface area (Å²) >= 11 is 5.35. The summed E-state index contributed by atoms with van der Waals surface area (Å²) in [5.74, 6) is 0. The maximum absolute atomic E-state index is 3.99. The molecule has 0 aliphatic heterocycles. The fraction of sp³-hybridized carbons (Fsp3) is 0.333. The molecule has 5 heteroatoms. The van der Waals surface area contributed by atoms with E-state index < -0.39 is 0 Å². The molecule has 2 nitrogen and oxygen atoms in total. The molecule has 0 aromatic carbocycles. The normalized spacial score (nSPS) is 8.25. The van der Waals surface area contributed by atoms with Crippen LogP contribution in [0.2, 0.25) is 0 Å². The van der Waals surface area contributed by atoms with Crippen LogP contribution in [0.1, 0.15) is 4.88 Å². The number of nitrogens with zero attached hydrogens (tertiary/aromatic N) is 2. The van der Waals surface area contributed by atoms with Gasteiger partial charge in [0.1, 0.15) is 5.03 Å². The van der Waals surface area contributed by atoms with Crippen LogP contribution in [0.4, 0.5) is 0 Å². The summed E-state index contributed by atoms with van der Waals surface area (Å²) in [6.45, 7) is 1.94. The molecule has 40 valence electrons. The number of aryl methyl sites for hydroxylation is 1. The molecule has 0 N–H and O–H groups in total. The van der Waals surface area contributed by atoms with Crippen LogP contribution in [0.3, 0.4) is 0 Å². The van der Waals surface area contributed by atoms with E-state index in [0.29, 0.717) is 0 Å². The number of hydrogen-bond acceptors (Lipinski definition) is 4. The van der Waals surface area contributed by atoms with Gasteiger partial charge in [0.05, 0.1) is 4.88 Å². The van der Waals surface area contributed by atoms with Gasteiger partial charge in [-0.25, -0.2) is 0 Å². The maximum atomic E-state index is 3.99. The molecule has 1 rings (SSSR count). The van der Waals surface area contributed by atoms with Gasteiger partial charge in [0.25, 0.3) is 0 Å². The van der Waals surface area contributed by atoms with Crippen LogP contribution >= 0.6 is 24.2 Å². The summed E-state index contributed by atoms with van der Waals surface area (Å²) in [5, 5.41) is 4.39. The number of aromatic nitrogens is 2. The molecule has 0 spiro atoms. The van der Waals surface area contributed by atoms with Gasteiger partial charge in [0, 0.05) is 0 Å². The summed E-state index contributed by atoms with van der Waals surface area (Å²) < 4.78 is 3.64. The van der Waals surface area contributed by atoms with Crippen molar-refractivity contribution in [1.82, 2.24) is 9.59 Å². The van der Waals surface area contributed by atoms with Gasteiger partial charge in [-0.05, 0) is 18.5 Å². The third-order valence-corrected chi connectivity index (χ3v) is 1.83. The average molecular weight is 156 g/mol. The van der Waals surface area contributed by atoms with Crippen LogP contribution < -0.4 is 0 Å². The summed E-state index contributed by atoms with van der Waals surface area (Å²) in [4.78, 5) is 1.07. The van der Waals surface area contributed by atoms with Gasteiger partial charge < -0.3 is 0 Å². The van der Waals surface area contributed by atoms with Crippen molar-refractivity contribution in [2.75, 3.05) is 0 Å². The molecular formula is C3H5N2NaS2. The summed E-state index contributed by atoms with van der Waals surface area (Å²) in [6, 6.07) is 0. The zero-order chi connectivity index (χ0) is 5.28. The van der Waals surface area contributed by atoms with Gasteiger partial charge in [0.2, 0.25) is 0 Å². The Morgan fingerprint density at radius 3 is 2.38 bits per heavy atom. The van der Waals surface area contributed by atoms with Crippen LogP contribution in [0, 0.1) is 6.92 Å². The van der Waals surface area contributed by atoms with Crippen molar-refractivity contribution in [3.05, 3.63) is 4.88 Å². The number of hydrogen-bond donors (Lipinski definition) is 1. The van der Waals surface area contributed by atoms with E-state index in [1.165, 1.54) is 11.5 Å². The first kappa shape index (κ1) is 8.91.